The Balaban J connectivity index is 2.76. The van der Waals surface area contributed by atoms with Gasteiger partial charge in [0.1, 0.15) is 0 Å². The highest BCUT2D eigenvalue weighted by Crippen LogP contribution is 2.20. The molecule has 0 unspecified atom stereocenters. The van der Waals surface area contributed by atoms with E-state index in [2.05, 4.69) is 9.71 Å². The van der Waals surface area contributed by atoms with Gasteiger partial charge in [-0.2, -0.15) is 12.7 Å². The van der Waals surface area contributed by atoms with Gasteiger partial charge >= 0.3 is 10.2 Å². The molecule has 0 amide bonds. The SMILES string of the molecule is CCCCN(C)S(=O)(=O)Nc1cnccc1Cl. The molecule has 7 heteroatoms. The third-order valence-electron chi connectivity index (χ3n) is 2.24. The lowest BCUT2D eigenvalue weighted by Crippen LogP contribution is -2.33. The average Bonchev–Trinajstić information content (AvgIpc) is 2.28. The first-order valence-electron chi connectivity index (χ1n) is 5.31. The molecule has 0 saturated heterocycles. The second-order valence-electron chi connectivity index (χ2n) is 3.64. The lowest BCUT2D eigenvalue weighted by molar-refractivity contribution is 0.463. The van der Waals surface area contributed by atoms with Crippen molar-refractivity contribution < 1.29 is 8.42 Å². The zero-order valence-electron chi connectivity index (χ0n) is 9.85. The Morgan fingerprint density at radius 3 is 2.82 bits per heavy atom. The van der Waals surface area contributed by atoms with Gasteiger partial charge in [-0.3, -0.25) is 9.71 Å². The largest absolute Gasteiger partial charge is 0.301 e. The Labute approximate surface area is 107 Å². The molecule has 0 radical (unpaired) electrons. The predicted molar refractivity (Wildman–Crippen MR) is 69.3 cm³/mol. The summed E-state index contributed by atoms with van der Waals surface area (Å²) in [5.41, 5.74) is 0.289. The van der Waals surface area contributed by atoms with E-state index >= 15 is 0 Å². The number of rotatable bonds is 6. The smallest absolute Gasteiger partial charge is 0.268 e. The van der Waals surface area contributed by atoms with Crippen LogP contribution in [0.5, 0.6) is 0 Å². The summed E-state index contributed by atoms with van der Waals surface area (Å²) in [6, 6.07) is 1.53. The maximum atomic E-state index is 11.9. The van der Waals surface area contributed by atoms with Gasteiger partial charge in [0.25, 0.3) is 0 Å². The molecule has 0 aliphatic rings. The van der Waals surface area contributed by atoms with E-state index in [4.69, 9.17) is 11.6 Å². The molecule has 1 aromatic heterocycles. The number of unbranched alkanes of at least 4 members (excludes halogenated alkanes) is 1. The predicted octanol–water partition coefficient (Wildman–Crippen LogP) is 2.12. The van der Waals surface area contributed by atoms with Crippen molar-refractivity contribution in [2.45, 2.75) is 19.8 Å². The minimum Gasteiger partial charge on any atom is -0.268 e. The molecule has 0 fully saturated rings. The van der Waals surface area contributed by atoms with Gasteiger partial charge in [-0.25, -0.2) is 0 Å². The molecule has 0 aromatic carbocycles. The minimum absolute atomic E-state index is 0.289. The normalized spacial score (nSPS) is 11.8. The molecule has 0 saturated carbocycles. The molecular formula is C10H16ClN3O2S. The first-order chi connectivity index (χ1) is 7.97. The number of anilines is 1. The van der Waals surface area contributed by atoms with Gasteiger partial charge in [-0.1, -0.05) is 24.9 Å². The highest BCUT2D eigenvalue weighted by molar-refractivity contribution is 7.90. The van der Waals surface area contributed by atoms with Gasteiger partial charge in [-0.05, 0) is 12.5 Å². The number of hydrogen-bond donors (Lipinski definition) is 1. The van der Waals surface area contributed by atoms with Crippen LogP contribution in [0, 0.1) is 0 Å². The van der Waals surface area contributed by atoms with Gasteiger partial charge < -0.3 is 0 Å². The van der Waals surface area contributed by atoms with Crippen molar-refractivity contribution in [1.29, 1.82) is 0 Å². The molecule has 1 N–H and O–H groups in total. The van der Waals surface area contributed by atoms with Gasteiger partial charge in [0.15, 0.2) is 0 Å². The fraction of sp³-hybridized carbons (Fsp3) is 0.500. The van der Waals surface area contributed by atoms with Crippen LogP contribution < -0.4 is 4.72 Å². The van der Waals surface area contributed by atoms with E-state index in [1.54, 1.807) is 0 Å². The van der Waals surface area contributed by atoms with E-state index in [0.29, 0.717) is 11.6 Å². The van der Waals surface area contributed by atoms with E-state index in [9.17, 15) is 8.42 Å². The summed E-state index contributed by atoms with van der Waals surface area (Å²) in [7, 11) is -2.02. The Morgan fingerprint density at radius 2 is 2.24 bits per heavy atom. The van der Waals surface area contributed by atoms with Crippen LogP contribution in [0.3, 0.4) is 0 Å². The van der Waals surface area contributed by atoms with Crippen molar-refractivity contribution >= 4 is 27.5 Å². The molecule has 0 bridgehead atoms. The van der Waals surface area contributed by atoms with Gasteiger partial charge in [-0.15, -0.1) is 0 Å². The maximum Gasteiger partial charge on any atom is 0.301 e. The molecule has 0 aliphatic heterocycles. The van der Waals surface area contributed by atoms with E-state index in [1.165, 1.54) is 29.8 Å². The summed E-state index contributed by atoms with van der Waals surface area (Å²) < 4.78 is 27.4. The van der Waals surface area contributed by atoms with Crippen LogP contribution in [-0.2, 0) is 10.2 Å². The molecule has 0 aliphatic carbocycles. The molecule has 1 heterocycles. The fourth-order valence-corrected chi connectivity index (χ4v) is 2.34. The lowest BCUT2D eigenvalue weighted by atomic mass is 10.3. The molecule has 17 heavy (non-hydrogen) atoms. The van der Waals surface area contributed by atoms with Crippen molar-refractivity contribution in [2.24, 2.45) is 0 Å². The van der Waals surface area contributed by atoms with Crippen LogP contribution in [-0.4, -0.2) is 31.3 Å². The zero-order chi connectivity index (χ0) is 12.9. The average molecular weight is 278 g/mol. The topological polar surface area (TPSA) is 62.3 Å². The molecule has 5 nitrogen and oxygen atoms in total. The van der Waals surface area contributed by atoms with Gasteiger partial charge in [0.2, 0.25) is 0 Å². The number of nitrogens with one attached hydrogen (secondary N) is 1. The molecule has 0 atom stereocenters. The Bertz CT molecular complexity index is 464. The molecule has 96 valence electrons. The number of hydrogen-bond acceptors (Lipinski definition) is 3. The van der Waals surface area contributed by atoms with Crippen LogP contribution in [0.2, 0.25) is 5.02 Å². The first-order valence-corrected chi connectivity index (χ1v) is 7.12. The maximum absolute atomic E-state index is 11.9. The standard InChI is InChI=1S/C10H16ClN3O2S/c1-3-4-7-14(2)17(15,16)13-10-8-12-6-5-9(10)11/h5-6,8,13H,3-4,7H2,1-2H3. The Morgan fingerprint density at radius 1 is 1.53 bits per heavy atom. The minimum atomic E-state index is -3.55. The molecular weight excluding hydrogens is 262 g/mol. The highest BCUT2D eigenvalue weighted by atomic mass is 35.5. The third-order valence-corrected chi connectivity index (χ3v) is 4.05. The molecule has 1 aromatic rings. The van der Waals surface area contributed by atoms with Crippen molar-refractivity contribution in [3.63, 3.8) is 0 Å². The summed E-state index contributed by atoms with van der Waals surface area (Å²) in [6.07, 6.45) is 4.64. The second-order valence-corrected chi connectivity index (χ2v) is 5.82. The number of aromatic nitrogens is 1. The number of nitrogens with zero attached hydrogens (tertiary/aromatic N) is 2. The van der Waals surface area contributed by atoms with Crippen LogP contribution in [0.25, 0.3) is 0 Å². The van der Waals surface area contributed by atoms with Crippen LogP contribution >= 0.6 is 11.6 Å². The quantitative estimate of drug-likeness (QED) is 0.866. The van der Waals surface area contributed by atoms with E-state index in [1.807, 2.05) is 6.92 Å². The Hall–Kier alpha value is -0.850. The van der Waals surface area contributed by atoms with Crippen molar-refractivity contribution in [3.8, 4) is 0 Å². The summed E-state index contributed by atoms with van der Waals surface area (Å²) in [5.74, 6) is 0. The zero-order valence-corrected chi connectivity index (χ0v) is 11.4. The summed E-state index contributed by atoms with van der Waals surface area (Å²) in [5, 5.41) is 0.326. The van der Waals surface area contributed by atoms with E-state index in [-0.39, 0.29) is 5.69 Å². The second kappa shape index (κ2) is 6.18. The number of halogens is 1. The summed E-state index contributed by atoms with van der Waals surface area (Å²) in [4.78, 5) is 3.82. The van der Waals surface area contributed by atoms with Crippen molar-refractivity contribution in [2.75, 3.05) is 18.3 Å². The Kier molecular flexibility index (Phi) is 5.17. The van der Waals surface area contributed by atoms with Crippen LogP contribution in [0.1, 0.15) is 19.8 Å². The van der Waals surface area contributed by atoms with E-state index < -0.39 is 10.2 Å². The molecule has 1 rings (SSSR count). The van der Waals surface area contributed by atoms with E-state index in [0.717, 1.165) is 12.8 Å². The van der Waals surface area contributed by atoms with Gasteiger partial charge in [0.05, 0.1) is 16.9 Å². The first kappa shape index (κ1) is 14.2. The summed E-state index contributed by atoms with van der Waals surface area (Å²) >= 11 is 5.85. The fourth-order valence-electron chi connectivity index (χ4n) is 1.17. The number of pyridine rings is 1. The molecule has 0 spiro atoms. The summed E-state index contributed by atoms with van der Waals surface area (Å²) in [6.45, 7) is 2.48. The van der Waals surface area contributed by atoms with Crippen molar-refractivity contribution in [1.82, 2.24) is 9.29 Å². The van der Waals surface area contributed by atoms with Crippen LogP contribution in [0.15, 0.2) is 18.5 Å². The highest BCUT2D eigenvalue weighted by Gasteiger charge is 2.17. The van der Waals surface area contributed by atoms with Gasteiger partial charge in [0, 0.05) is 19.8 Å². The monoisotopic (exact) mass is 277 g/mol. The lowest BCUT2D eigenvalue weighted by Gasteiger charge is -2.18. The third kappa shape index (κ3) is 4.14. The van der Waals surface area contributed by atoms with Crippen molar-refractivity contribution in [3.05, 3.63) is 23.5 Å². The van der Waals surface area contributed by atoms with Crippen LogP contribution in [0.4, 0.5) is 5.69 Å².